The molecule has 1 heterocycles. The summed E-state index contributed by atoms with van der Waals surface area (Å²) in [4.78, 5) is 23.1. The molecular formula is C7H12N2O2. The lowest BCUT2D eigenvalue weighted by Crippen LogP contribution is -2.48. The minimum absolute atomic E-state index is 0.103. The maximum atomic E-state index is 11.1. The summed E-state index contributed by atoms with van der Waals surface area (Å²) in [6.45, 7) is 1.32. The number of piperidine rings is 1. The molecule has 1 fully saturated rings. The number of Topliss-reactive ketones (excluding diaryl/α,β-unsaturated/α-hetero) is 1. The van der Waals surface area contributed by atoms with Gasteiger partial charge in [-0.25, -0.2) is 0 Å². The lowest BCUT2D eigenvalue weighted by atomic mass is 10.0. The Morgan fingerprint density at radius 2 is 2.45 bits per heavy atom. The van der Waals surface area contributed by atoms with Crippen molar-refractivity contribution in [3.63, 3.8) is 0 Å². The number of rotatable bonds is 2. The Labute approximate surface area is 65.6 Å². The number of amides is 1. The van der Waals surface area contributed by atoms with Crippen molar-refractivity contribution in [1.29, 1.82) is 0 Å². The first-order chi connectivity index (χ1) is 5.24. The van der Waals surface area contributed by atoms with Crippen LogP contribution in [0.25, 0.3) is 0 Å². The number of nitrogens with one attached hydrogen (secondary N) is 1. The monoisotopic (exact) mass is 156 g/mol. The lowest BCUT2D eigenvalue weighted by molar-refractivity contribution is -0.126. The van der Waals surface area contributed by atoms with Gasteiger partial charge in [-0.2, -0.15) is 0 Å². The molecule has 1 aliphatic rings. The summed E-state index contributed by atoms with van der Waals surface area (Å²) in [5.74, 6) is 0.103. The van der Waals surface area contributed by atoms with Crippen LogP contribution in [0.15, 0.2) is 0 Å². The van der Waals surface area contributed by atoms with Crippen molar-refractivity contribution in [2.24, 2.45) is 0 Å². The van der Waals surface area contributed by atoms with Crippen LogP contribution in [0.3, 0.4) is 0 Å². The van der Waals surface area contributed by atoms with Crippen molar-refractivity contribution in [3.05, 3.63) is 0 Å². The van der Waals surface area contributed by atoms with E-state index in [1.165, 1.54) is 0 Å². The molecule has 0 spiro atoms. The molecule has 1 aliphatic heterocycles. The molecule has 0 radical (unpaired) electrons. The molecule has 0 aromatic carbocycles. The van der Waals surface area contributed by atoms with Crippen LogP contribution in [0.4, 0.5) is 0 Å². The molecule has 1 amide bonds. The molecular weight excluding hydrogens is 144 g/mol. The molecule has 1 unspecified atom stereocenters. The van der Waals surface area contributed by atoms with Crippen molar-refractivity contribution in [2.45, 2.75) is 12.5 Å². The van der Waals surface area contributed by atoms with Gasteiger partial charge < -0.3 is 5.32 Å². The number of carbonyl (C=O) groups excluding carboxylic acids is 2. The smallest absolute Gasteiger partial charge is 0.207 e. The van der Waals surface area contributed by atoms with E-state index in [1.54, 1.807) is 0 Å². The molecule has 1 rings (SSSR count). The Balaban J connectivity index is 2.43. The van der Waals surface area contributed by atoms with Crippen LogP contribution in [-0.4, -0.2) is 43.3 Å². The van der Waals surface area contributed by atoms with Gasteiger partial charge in [-0.05, 0) is 13.5 Å². The second kappa shape index (κ2) is 3.48. The molecule has 0 aromatic heterocycles. The number of hydrogen-bond donors (Lipinski definition) is 1. The average Bonchev–Trinajstić information content (AvgIpc) is 1.95. The van der Waals surface area contributed by atoms with Crippen LogP contribution in [-0.2, 0) is 9.59 Å². The minimum Gasteiger partial charge on any atom is -0.349 e. The SMILES string of the molecule is CN1CCC(NC=O)C(=O)C1. The first-order valence-corrected chi connectivity index (χ1v) is 3.65. The van der Waals surface area contributed by atoms with Crippen molar-refractivity contribution in [2.75, 3.05) is 20.1 Å². The zero-order chi connectivity index (χ0) is 8.27. The first kappa shape index (κ1) is 8.20. The third kappa shape index (κ3) is 2.01. The molecule has 4 heteroatoms. The van der Waals surface area contributed by atoms with Crippen LogP contribution >= 0.6 is 0 Å². The van der Waals surface area contributed by atoms with Crippen molar-refractivity contribution >= 4 is 12.2 Å². The van der Waals surface area contributed by atoms with Crippen LogP contribution < -0.4 is 5.32 Å². The number of nitrogens with zero attached hydrogens (tertiary/aromatic N) is 1. The number of hydrogen-bond acceptors (Lipinski definition) is 3. The summed E-state index contributed by atoms with van der Waals surface area (Å²) < 4.78 is 0. The van der Waals surface area contributed by atoms with E-state index < -0.39 is 0 Å². The molecule has 11 heavy (non-hydrogen) atoms. The predicted octanol–water partition coefficient (Wildman–Crippen LogP) is -0.994. The van der Waals surface area contributed by atoms with Gasteiger partial charge in [0, 0.05) is 6.54 Å². The summed E-state index contributed by atoms with van der Waals surface area (Å²) >= 11 is 0. The Bertz CT molecular complexity index is 170. The zero-order valence-electron chi connectivity index (χ0n) is 6.54. The van der Waals surface area contributed by atoms with Gasteiger partial charge in [0.25, 0.3) is 0 Å². The maximum Gasteiger partial charge on any atom is 0.207 e. The van der Waals surface area contributed by atoms with Crippen LogP contribution in [0.5, 0.6) is 0 Å². The van der Waals surface area contributed by atoms with E-state index in [2.05, 4.69) is 5.32 Å². The number of likely N-dealkylation sites (tertiary alicyclic amines) is 1. The third-order valence-corrected chi connectivity index (χ3v) is 1.88. The molecule has 62 valence electrons. The second-order valence-electron chi connectivity index (χ2n) is 2.83. The van der Waals surface area contributed by atoms with Gasteiger partial charge >= 0.3 is 0 Å². The molecule has 0 saturated carbocycles. The Morgan fingerprint density at radius 1 is 1.73 bits per heavy atom. The van der Waals surface area contributed by atoms with E-state index in [-0.39, 0.29) is 11.8 Å². The summed E-state index contributed by atoms with van der Waals surface area (Å²) in [6.07, 6.45) is 1.32. The summed E-state index contributed by atoms with van der Waals surface area (Å²) in [5.41, 5.74) is 0. The van der Waals surface area contributed by atoms with Gasteiger partial charge in [0.05, 0.1) is 12.6 Å². The van der Waals surface area contributed by atoms with E-state index in [1.807, 2.05) is 11.9 Å². The van der Waals surface area contributed by atoms with E-state index in [0.29, 0.717) is 13.0 Å². The summed E-state index contributed by atoms with van der Waals surface area (Å²) in [5, 5.41) is 2.50. The van der Waals surface area contributed by atoms with Crippen LogP contribution in [0.2, 0.25) is 0 Å². The lowest BCUT2D eigenvalue weighted by Gasteiger charge is -2.26. The standard InChI is InChI=1S/C7H12N2O2/c1-9-3-2-6(8-5-10)7(11)4-9/h5-6H,2-4H2,1H3,(H,8,10). The van der Waals surface area contributed by atoms with Crippen LogP contribution in [0, 0.1) is 0 Å². The summed E-state index contributed by atoms with van der Waals surface area (Å²) in [6, 6.07) is -0.247. The fourth-order valence-electron chi connectivity index (χ4n) is 1.22. The largest absolute Gasteiger partial charge is 0.349 e. The third-order valence-electron chi connectivity index (χ3n) is 1.88. The van der Waals surface area contributed by atoms with Crippen molar-refractivity contribution in [1.82, 2.24) is 10.2 Å². The Kier molecular flexibility index (Phi) is 2.59. The maximum absolute atomic E-state index is 11.1. The van der Waals surface area contributed by atoms with Gasteiger partial charge in [0.1, 0.15) is 0 Å². The van der Waals surface area contributed by atoms with E-state index in [4.69, 9.17) is 0 Å². The highest BCUT2D eigenvalue weighted by Gasteiger charge is 2.23. The van der Waals surface area contributed by atoms with Gasteiger partial charge in [-0.3, -0.25) is 14.5 Å². The highest BCUT2D eigenvalue weighted by atomic mass is 16.1. The van der Waals surface area contributed by atoms with Crippen LogP contribution in [0.1, 0.15) is 6.42 Å². The van der Waals surface area contributed by atoms with E-state index in [9.17, 15) is 9.59 Å². The van der Waals surface area contributed by atoms with Gasteiger partial charge in [-0.15, -0.1) is 0 Å². The van der Waals surface area contributed by atoms with Gasteiger partial charge in [-0.1, -0.05) is 0 Å². The fourth-order valence-corrected chi connectivity index (χ4v) is 1.22. The predicted molar refractivity (Wildman–Crippen MR) is 40.1 cm³/mol. The van der Waals surface area contributed by atoms with Crippen molar-refractivity contribution < 1.29 is 9.59 Å². The molecule has 0 bridgehead atoms. The van der Waals surface area contributed by atoms with Crippen molar-refractivity contribution in [3.8, 4) is 0 Å². The molecule has 1 N–H and O–H groups in total. The normalized spacial score (nSPS) is 26.6. The molecule has 0 aliphatic carbocycles. The highest BCUT2D eigenvalue weighted by molar-refractivity contribution is 5.88. The van der Waals surface area contributed by atoms with Gasteiger partial charge in [0.15, 0.2) is 5.78 Å². The molecule has 4 nitrogen and oxygen atoms in total. The van der Waals surface area contributed by atoms with E-state index >= 15 is 0 Å². The van der Waals surface area contributed by atoms with Gasteiger partial charge in [0.2, 0.25) is 6.41 Å². The second-order valence-corrected chi connectivity index (χ2v) is 2.83. The fraction of sp³-hybridized carbons (Fsp3) is 0.714. The van der Waals surface area contributed by atoms with E-state index in [0.717, 1.165) is 13.0 Å². The quantitative estimate of drug-likeness (QED) is 0.522. The molecule has 1 saturated heterocycles. The number of likely N-dealkylation sites (N-methyl/N-ethyl adjacent to an activating group) is 1. The first-order valence-electron chi connectivity index (χ1n) is 3.65. The Hall–Kier alpha value is -0.900. The Morgan fingerprint density at radius 3 is 3.00 bits per heavy atom. The molecule has 0 aromatic rings. The molecule has 1 atom stereocenters. The number of carbonyl (C=O) groups is 2. The average molecular weight is 156 g/mol. The zero-order valence-corrected chi connectivity index (χ0v) is 6.54. The summed E-state index contributed by atoms with van der Waals surface area (Å²) in [7, 11) is 1.90. The minimum atomic E-state index is -0.247. The topological polar surface area (TPSA) is 49.4 Å². The highest BCUT2D eigenvalue weighted by Crippen LogP contribution is 2.03. The number of ketones is 1.